The van der Waals surface area contributed by atoms with Gasteiger partial charge < -0.3 is 17.0 Å². The van der Waals surface area contributed by atoms with Gasteiger partial charge in [-0.25, -0.2) is 0 Å². The molecule has 0 aromatic heterocycles. The van der Waals surface area contributed by atoms with Crippen LogP contribution in [0.5, 0.6) is 0 Å². The largest absolute Gasteiger partial charge is 1.00 e. The first kappa shape index (κ1) is 21.6. The third kappa shape index (κ3) is 4.98. The first-order chi connectivity index (χ1) is 12.8. The molecule has 0 nitrogen and oxygen atoms in total. The molecule has 0 saturated heterocycles. The molecule has 0 bridgehead atoms. The predicted molar refractivity (Wildman–Crippen MR) is 119 cm³/mol. The van der Waals surface area contributed by atoms with Crippen molar-refractivity contribution in [2.45, 2.75) is 26.7 Å². The molecule has 3 rings (SSSR count). The second-order valence-electron chi connectivity index (χ2n) is 6.81. The van der Waals surface area contributed by atoms with Crippen LogP contribution >= 0.6 is 7.26 Å². The van der Waals surface area contributed by atoms with Gasteiger partial charge in [0.2, 0.25) is 0 Å². The Morgan fingerprint density at radius 1 is 0.704 bits per heavy atom. The molecule has 27 heavy (non-hydrogen) atoms. The van der Waals surface area contributed by atoms with Crippen molar-refractivity contribution in [2.24, 2.45) is 0 Å². The second-order valence-corrected chi connectivity index (χ2v) is 10.3. The van der Waals surface area contributed by atoms with Gasteiger partial charge in [0.15, 0.2) is 0 Å². The third-order valence-electron chi connectivity index (χ3n) is 4.86. The number of rotatable bonds is 7. The van der Waals surface area contributed by atoms with E-state index >= 15 is 0 Å². The summed E-state index contributed by atoms with van der Waals surface area (Å²) >= 11 is 0. The summed E-state index contributed by atoms with van der Waals surface area (Å²) in [7, 11) is -1.72. The fourth-order valence-corrected chi connectivity index (χ4v) is 7.96. The van der Waals surface area contributed by atoms with Gasteiger partial charge in [0.05, 0.1) is 6.16 Å². The van der Waals surface area contributed by atoms with Crippen LogP contribution in [0.4, 0.5) is 0 Å². The van der Waals surface area contributed by atoms with Gasteiger partial charge in [0.25, 0.3) is 0 Å². The molecular formula is C25H28BrP. The number of halogens is 1. The SMILES string of the molecule is CCC/C=C(\C)C[P+](c1ccccc1)(c1ccccc1)c1ccccc1.[Br-]. The maximum Gasteiger partial charge on any atom is 0.116 e. The van der Waals surface area contributed by atoms with Crippen LogP contribution in [0.2, 0.25) is 0 Å². The summed E-state index contributed by atoms with van der Waals surface area (Å²) in [6.07, 6.45) is 5.89. The Kier molecular flexibility index (Phi) is 8.48. The van der Waals surface area contributed by atoms with Crippen LogP contribution in [-0.4, -0.2) is 6.16 Å². The first-order valence-electron chi connectivity index (χ1n) is 9.48. The van der Waals surface area contributed by atoms with Crippen molar-refractivity contribution in [1.82, 2.24) is 0 Å². The van der Waals surface area contributed by atoms with Crippen molar-refractivity contribution >= 4 is 23.2 Å². The van der Waals surface area contributed by atoms with E-state index in [1.807, 2.05) is 0 Å². The van der Waals surface area contributed by atoms with Gasteiger partial charge in [-0.1, -0.05) is 74.0 Å². The normalized spacial score (nSPS) is 11.7. The molecule has 0 unspecified atom stereocenters. The molecule has 140 valence electrons. The third-order valence-corrected chi connectivity index (χ3v) is 9.37. The van der Waals surface area contributed by atoms with E-state index in [2.05, 4.69) is 111 Å². The molecule has 0 N–H and O–H groups in total. The monoisotopic (exact) mass is 438 g/mol. The molecule has 0 fully saturated rings. The summed E-state index contributed by atoms with van der Waals surface area (Å²) in [5, 5.41) is 4.38. The minimum absolute atomic E-state index is 0. The lowest BCUT2D eigenvalue weighted by Crippen LogP contribution is -3.00. The Hall–Kier alpha value is -1.69. The number of hydrogen-bond donors (Lipinski definition) is 0. The highest BCUT2D eigenvalue weighted by molar-refractivity contribution is 7.95. The van der Waals surface area contributed by atoms with Crippen LogP contribution in [0, 0.1) is 0 Å². The molecule has 3 aromatic carbocycles. The summed E-state index contributed by atoms with van der Waals surface area (Å²) in [5.41, 5.74) is 1.50. The number of hydrogen-bond acceptors (Lipinski definition) is 0. The fraction of sp³-hybridized carbons (Fsp3) is 0.200. The molecule has 0 saturated carbocycles. The lowest BCUT2D eigenvalue weighted by Gasteiger charge is -2.28. The minimum Gasteiger partial charge on any atom is -1.00 e. The zero-order valence-corrected chi connectivity index (χ0v) is 18.7. The van der Waals surface area contributed by atoms with E-state index in [0.717, 1.165) is 12.6 Å². The summed E-state index contributed by atoms with van der Waals surface area (Å²) in [6, 6.07) is 33.4. The van der Waals surface area contributed by atoms with E-state index in [9.17, 15) is 0 Å². The quantitative estimate of drug-likeness (QED) is 0.393. The van der Waals surface area contributed by atoms with Crippen molar-refractivity contribution in [3.05, 3.63) is 103 Å². The smallest absolute Gasteiger partial charge is 0.116 e. The van der Waals surface area contributed by atoms with Crippen molar-refractivity contribution in [1.29, 1.82) is 0 Å². The maximum atomic E-state index is 2.43. The topological polar surface area (TPSA) is 0 Å². The van der Waals surface area contributed by atoms with E-state index in [4.69, 9.17) is 0 Å². The van der Waals surface area contributed by atoms with E-state index in [-0.39, 0.29) is 17.0 Å². The molecule has 2 heteroatoms. The molecule has 0 radical (unpaired) electrons. The Bertz CT molecular complexity index is 729. The molecule has 0 aliphatic heterocycles. The average molecular weight is 439 g/mol. The van der Waals surface area contributed by atoms with Crippen LogP contribution in [-0.2, 0) is 0 Å². The molecule has 0 aliphatic carbocycles. The molecule has 3 aromatic rings. The van der Waals surface area contributed by atoms with Crippen LogP contribution in [0.15, 0.2) is 103 Å². The Morgan fingerprint density at radius 2 is 1.07 bits per heavy atom. The molecule has 0 aliphatic rings. The average Bonchev–Trinajstić information content (AvgIpc) is 2.72. The number of benzene rings is 3. The van der Waals surface area contributed by atoms with E-state index in [1.165, 1.54) is 27.9 Å². The van der Waals surface area contributed by atoms with E-state index in [1.54, 1.807) is 0 Å². The van der Waals surface area contributed by atoms with Gasteiger partial charge in [-0.2, -0.15) is 0 Å². The van der Waals surface area contributed by atoms with Gasteiger partial charge in [-0.15, -0.1) is 0 Å². The van der Waals surface area contributed by atoms with Gasteiger partial charge in [-0.05, 0) is 55.3 Å². The van der Waals surface area contributed by atoms with Crippen LogP contribution in [0.1, 0.15) is 26.7 Å². The van der Waals surface area contributed by atoms with Crippen molar-refractivity contribution in [3.8, 4) is 0 Å². The van der Waals surface area contributed by atoms with E-state index < -0.39 is 7.26 Å². The number of unbranched alkanes of at least 4 members (excludes halogenated alkanes) is 1. The Balaban J connectivity index is 0.00000261. The zero-order chi connectivity index (χ0) is 18.2. The lowest BCUT2D eigenvalue weighted by atomic mass is 10.2. The Morgan fingerprint density at radius 3 is 1.41 bits per heavy atom. The maximum absolute atomic E-state index is 2.43. The molecule has 0 heterocycles. The highest BCUT2D eigenvalue weighted by Crippen LogP contribution is 2.56. The van der Waals surface area contributed by atoms with Crippen molar-refractivity contribution < 1.29 is 17.0 Å². The predicted octanol–water partition coefficient (Wildman–Crippen LogP) is 2.73. The van der Waals surface area contributed by atoms with Gasteiger partial charge in [0.1, 0.15) is 23.2 Å². The van der Waals surface area contributed by atoms with Gasteiger partial charge >= 0.3 is 0 Å². The Labute approximate surface area is 175 Å². The highest BCUT2D eigenvalue weighted by atomic mass is 79.9. The second kappa shape index (κ2) is 10.6. The zero-order valence-electron chi connectivity index (χ0n) is 16.2. The summed E-state index contributed by atoms with van der Waals surface area (Å²) < 4.78 is 0. The molecular weight excluding hydrogens is 411 g/mol. The standard InChI is InChI=1S/C25H28P.BrH/c1-3-4-14-22(2)21-26(23-15-8-5-9-16-23,24-17-10-6-11-18-24)25-19-12-7-13-20-25;/h5-20H,3-4,21H2,1-2H3;1H/q+1;/p-1/b22-14+;. The molecule has 0 amide bonds. The van der Waals surface area contributed by atoms with Gasteiger partial charge in [0, 0.05) is 0 Å². The van der Waals surface area contributed by atoms with Crippen molar-refractivity contribution in [2.75, 3.05) is 6.16 Å². The van der Waals surface area contributed by atoms with Crippen LogP contribution in [0.3, 0.4) is 0 Å². The van der Waals surface area contributed by atoms with Crippen LogP contribution in [0.25, 0.3) is 0 Å². The summed E-state index contributed by atoms with van der Waals surface area (Å²) in [4.78, 5) is 0. The first-order valence-corrected chi connectivity index (χ1v) is 11.5. The minimum atomic E-state index is -1.72. The van der Waals surface area contributed by atoms with Crippen LogP contribution < -0.4 is 32.9 Å². The number of allylic oxidation sites excluding steroid dienone is 2. The fourth-order valence-electron chi connectivity index (χ4n) is 3.60. The molecule has 0 atom stereocenters. The van der Waals surface area contributed by atoms with E-state index in [0.29, 0.717) is 0 Å². The highest BCUT2D eigenvalue weighted by Gasteiger charge is 2.45. The lowest BCUT2D eigenvalue weighted by molar-refractivity contribution is -0.00000525. The van der Waals surface area contributed by atoms with Crippen molar-refractivity contribution in [3.63, 3.8) is 0 Å². The summed E-state index contributed by atoms with van der Waals surface area (Å²) in [5.74, 6) is 0. The summed E-state index contributed by atoms with van der Waals surface area (Å²) in [6.45, 7) is 4.55. The van der Waals surface area contributed by atoms with Gasteiger partial charge in [-0.3, -0.25) is 0 Å². The molecule has 0 spiro atoms.